The minimum Gasteiger partial charge on any atom is -0.488 e. The molecule has 0 aromatic heterocycles. The molecule has 1 fully saturated rings. The quantitative estimate of drug-likeness (QED) is 0.840. The summed E-state index contributed by atoms with van der Waals surface area (Å²) >= 11 is 0. The van der Waals surface area contributed by atoms with Crippen LogP contribution in [0.25, 0.3) is 6.08 Å². The first-order chi connectivity index (χ1) is 9.22. The van der Waals surface area contributed by atoms with E-state index in [0.717, 1.165) is 24.8 Å². The summed E-state index contributed by atoms with van der Waals surface area (Å²) in [5, 5.41) is 27.0. The van der Waals surface area contributed by atoms with E-state index in [1.54, 1.807) is 24.3 Å². The molecule has 0 spiro atoms. The number of nitriles is 2. The third-order valence-electron chi connectivity index (χ3n) is 3.14. The van der Waals surface area contributed by atoms with Crippen LogP contribution in [0.2, 0.25) is 0 Å². The van der Waals surface area contributed by atoms with Crippen LogP contribution in [0.5, 0.6) is 5.75 Å². The Kier molecular flexibility index (Phi) is 4.18. The number of aliphatic hydroxyl groups is 1. The molecule has 19 heavy (non-hydrogen) atoms. The zero-order valence-electron chi connectivity index (χ0n) is 10.4. The van der Waals surface area contributed by atoms with E-state index in [9.17, 15) is 5.11 Å². The third kappa shape index (κ3) is 3.34. The second kappa shape index (κ2) is 6.04. The van der Waals surface area contributed by atoms with E-state index in [1.807, 2.05) is 12.1 Å². The van der Waals surface area contributed by atoms with Gasteiger partial charge in [0.2, 0.25) is 0 Å². The lowest BCUT2D eigenvalue weighted by Gasteiger charge is -2.17. The summed E-state index contributed by atoms with van der Waals surface area (Å²) in [6.45, 7) is 0. The van der Waals surface area contributed by atoms with Gasteiger partial charge < -0.3 is 9.84 Å². The van der Waals surface area contributed by atoms with Crippen molar-refractivity contribution < 1.29 is 9.84 Å². The van der Waals surface area contributed by atoms with Gasteiger partial charge in [-0.2, -0.15) is 10.5 Å². The van der Waals surface area contributed by atoms with Crippen LogP contribution in [-0.4, -0.2) is 17.3 Å². The minimum atomic E-state index is -0.386. The molecule has 1 aliphatic rings. The van der Waals surface area contributed by atoms with Crippen LogP contribution in [0.1, 0.15) is 24.8 Å². The lowest BCUT2D eigenvalue weighted by molar-refractivity contribution is 0.0604. The summed E-state index contributed by atoms with van der Waals surface area (Å²) in [6.07, 6.45) is 3.65. The molecular weight excluding hydrogens is 240 g/mol. The number of ether oxygens (including phenoxy) is 1. The topological polar surface area (TPSA) is 77.0 Å². The van der Waals surface area contributed by atoms with Gasteiger partial charge in [0.05, 0.1) is 6.10 Å². The molecule has 2 rings (SSSR count). The molecular formula is C15H14N2O2. The average Bonchev–Trinajstić information content (AvgIpc) is 2.83. The largest absolute Gasteiger partial charge is 0.488 e. The molecule has 0 unspecified atom stereocenters. The van der Waals surface area contributed by atoms with Crippen molar-refractivity contribution in [3.05, 3.63) is 35.4 Å². The van der Waals surface area contributed by atoms with Crippen LogP contribution >= 0.6 is 0 Å². The molecule has 4 heteroatoms. The molecule has 2 atom stereocenters. The fourth-order valence-corrected chi connectivity index (χ4v) is 2.12. The normalized spacial score (nSPS) is 21.2. The lowest BCUT2D eigenvalue weighted by atomic mass is 10.1. The standard InChI is InChI=1S/C15H14N2O2/c16-9-12(10-17)8-11-4-6-13(7-5-11)19-15-3-1-2-14(15)18/h4-8,14-15,18H,1-3H2/t14-,15-/m1/s1. The molecule has 0 radical (unpaired) electrons. The summed E-state index contributed by atoms with van der Waals surface area (Å²) in [6, 6.07) is 10.8. The van der Waals surface area contributed by atoms with E-state index in [1.165, 1.54) is 6.08 Å². The summed E-state index contributed by atoms with van der Waals surface area (Å²) in [4.78, 5) is 0. The van der Waals surface area contributed by atoms with Gasteiger partial charge in [0, 0.05) is 0 Å². The van der Waals surface area contributed by atoms with Crippen molar-refractivity contribution in [3.8, 4) is 17.9 Å². The first-order valence-electron chi connectivity index (χ1n) is 6.19. The van der Waals surface area contributed by atoms with Crippen LogP contribution < -0.4 is 4.74 Å². The Bertz CT molecular complexity index is 533. The zero-order valence-corrected chi connectivity index (χ0v) is 10.4. The van der Waals surface area contributed by atoms with Crippen molar-refractivity contribution in [1.29, 1.82) is 10.5 Å². The second-order valence-electron chi connectivity index (χ2n) is 4.51. The predicted octanol–water partition coefficient (Wildman–Crippen LogP) is 2.41. The first kappa shape index (κ1) is 13.1. The van der Waals surface area contributed by atoms with Crippen molar-refractivity contribution in [1.82, 2.24) is 0 Å². The maximum absolute atomic E-state index is 9.68. The molecule has 1 N–H and O–H groups in total. The highest BCUT2D eigenvalue weighted by molar-refractivity contribution is 5.62. The Labute approximate surface area is 112 Å². The molecule has 4 nitrogen and oxygen atoms in total. The van der Waals surface area contributed by atoms with Gasteiger partial charge in [-0.1, -0.05) is 12.1 Å². The zero-order chi connectivity index (χ0) is 13.7. The third-order valence-corrected chi connectivity index (χ3v) is 3.14. The summed E-state index contributed by atoms with van der Waals surface area (Å²) in [7, 11) is 0. The van der Waals surface area contributed by atoms with Gasteiger partial charge in [0.1, 0.15) is 29.6 Å². The van der Waals surface area contributed by atoms with Gasteiger partial charge in [-0.25, -0.2) is 0 Å². The highest BCUT2D eigenvalue weighted by Gasteiger charge is 2.26. The van der Waals surface area contributed by atoms with Crippen molar-refractivity contribution in [2.24, 2.45) is 0 Å². The highest BCUT2D eigenvalue weighted by atomic mass is 16.5. The number of rotatable bonds is 3. The SMILES string of the molecule is N#CC(C#N)=Cc1ccc(O[C@@H]2CCC[C@H]2O)cc1. The molecule has 1 aromatic carbocycles. The number of allylic oxidation sites excluding steroid dienone is 1. The fraction of sp³-hybridized carbons (Fsp3) is 0.333. The first-order valence-corrected chi connectivity index (χ1v) is 6.19. The Morgan fingerprint density at radius 3 is 2.42 bits per heavy atom. The fourth-order valence-electron chi connectivity index (χ4n) is 2.12. The monoisotopic (exact) mass is 254 g/mol. The van der Waals surface area contributed by atoms with Gasteiger partial charge >= 0.3 is 0 Å². The van der Waals surface area contributed by atoms with Gasteiger partial charge in [0.25, 0.3) is 0 Å². The Hall–Kier alpha value is -2.30. The van der Waals surface area contributed by atoms with Crippen LogP contribution in [0.15, 0.2) is 29.8 Å². The molecule has 0 amide bonds. The van der Waals surface area contributed by atoms with Gasteiger partial charge in [-0.15, -0.1) is 0 Å². The molecule has 0 heterocycles. The van der Waals surface area contributed by atoms with Crippen molar-refractivity contribution in [2.45, 2.75) is 31.5 Å². The number of nitrogens with zero attached hydrogens (tertiary/aromatic N) is 2. The number of aliphatic hydroxyl groups excluding tert-OH is 1. The molecule has 0 aliphatic heterocycles. The van der Waals surface area contributed by atoms with Gasteiger partial charge in [0.15, 0.2) is 0 Å². The summed E-state index contributed by atoms with van der Waals surface area (Å²) < 4.78 is 5.70. The van der Waals surface area contributed by atoms with Crippen LogP contribution in [0.3, 0.4) is 0 Å². The Balaban J connectivity index is 2.05. The van der Waals surface area contributed by atoms with E-state index < -0.39 is 0 Å². The van der Waals surface area contributed by atoms with E-state index in [4.69, 9.17) is 15.3 Å². The smallest absolute Gasteiger partial charge is 0.130 e. The molecule has 1 aromatic rings. The van der Waals surface area contributed by atoms with Gasteiger partial charge in [-0.05, 0) is 43.0 Å². The summed E-state index contributed by atoms with van der Waals surface area (Å²) in [5.74, 6) is 0.693. The molecule has 0 saturated heterocycles. The molecule has 1 aliphatic carbocycles. The highest BCUT2D eigenvalue weighted by Crippen LogP contribution is 2.25. The average molecular weight is 254 g/mol. The Morgan fingerprint density at radius 2 is 1.89 bits per heavy atom. The van der Waals surface area contributed by atoms with E-state index in [2.05, 4.69) is 0 Å². The predicted molar refractivity (Wildman–Crippen MR) is 69.9 cm³/mol. The maximum Gasteiger partial charge on any atom is 0.130 e. The maximum atomic E-state index is 9.68. The van der Waals surface area contributed by atoms with E-state index >= 15 is 0 Å². The number of hydrogen-bond donors (Lipinski definition) is 1. The van der Waals surface area contributed by atoms with Crippen molar-refractivity contribution in [3.63, 3.8) is 0 Å². The van der Waals surface area contributed by atoms with Crippen LogP contribution in [-0.2, 0) is 0 Å². The molecule has 0 bridgehead atoms. The van der Waals surface area contributed by atoms with Gasteiger partial charge in [-0.3, -0.25) is 0 Å². The van der Waals surface area contributed by atoms with Crippen LogP contribution in [0, 0.1) is 22.7 Å². The molecule has 1 saturated carbocycles. The lowest BCUT2D eigenvalue weighted by Crippen LogP contribution is -2.25. The van der Waals surface area contributed by atoms with Crippen molar-refractivity contribution >= 4 is 6.08 Å². The number of hydrogen-bond acceptors (Lipinski definition) is 4. The second-order valence-corrected chi connectivity index (χ2v) is 4.51. The molecule has 96 valence electrons. The van der Waals surface area contributed by atoms with E-state index in [-0.39, 0.29) is 17.8 Å². The number of benzene rings is 1. The minimum absolute atomic E-state index is 0.0693. The summed E-state index contributed by atoms with van der Waals surface area (Å²) in [5.41, 5.74) is 0.845. The van der Waals surface area contributed by atoms with Crippen LogP contribution in [0.4, 0.5) is 0 Å². The van der Waals surface area contributed by atoms with Crippen molar-refractivity contribution in [2.75, 3.05) is 0 Å². The Morgan fingerprint density at radius 1 is 1.21 bits per heavy atom. The van der Waals surface area contributed by atoms with E-state index in [0.29, 0.717) is 5.75 Å².